The topological polar surface area (TPSA) is 58.6 Å². The second kappa shape index (κ2) is 9.24. The van der Waals surface area contributed by atoms with Crippen molar-refractivity contribution in [1.29, 1.82) is 0 Å². The zero-order valence-electron chi connectivity index (χ0n) is 16.5. The normalized spacial score (nSPS) is 15.3. The molecule has 7 heteroatoms. The average molecular weight is 427 g/mol. The summed E-state index contributed by atoms with van der Waals surface area (Å²) in [5.41, 5.74) is 2.63. The molecule has 5 nitrogen and oxygen atoms in total. The molecule has 0 aromatic heterocycles. The van der Waals surface area contributed by atoms with Crippen molar-refractivity contribution in [3.63, 3.8) is 0 Å². The van der Waals surface area contributed by atoms with Crippen molar-refractivity contribution in [2.24, 2.45) is 0 Å². The van der Waals surface area contributed by atoms with Crippen LogP contribution in [0.25, 0.3) is 6.08 Å². The fourth-order valence-corrected chi connectivity index (χ4v) is 4.31. The Balaban J connectivity index is 1.58. The molecule has 2 aromatic rings. The number of carbonyl (C=O) groups excluding carboxylic acids is 2. The Morgan fingerprint density at radius 3 is 2.52 bits per heavy atom. The van der Waals surface area contributed by atoms with Crippen LogP contribution in [0.3, 0.4) is 0 Å². The van der Waals surface area contributed by atoms with Gasteiger partial charge in [-0.25, -0.2) is 0 Å². The zero-order valence-corrected chi connectivity index (χ0v) is 18.1. The van der Waals surface area contributed by atoms with E-state index in [4.69, 9.17) is 17.0 Å². The number of nitrogens with one attached hydrogen (secondary N) is 1. The first kappa shape index (κ1) is 21.1. The van der Waals surface area contributed by atoms with Crippen LogP contribution in [0.2, 0.25) is 0 Å². The summed E-state index contributed by atoms with van der Waals surface area (Å²) in [4.78, 5) is 26.8. The Hall–Kier alpha value is -2.64. The summed E-state index contributed by atoms with van der Waals surface area (Å²) in [7, 11) is 0. The van der Waals surface area contributed by atoms with Gasteiger partial charge in [-0.1, -0.05) is 54.3 Å². The molecule has 0 aliphatic carbocycles. The quantitative estimate of drug-likeness (QED) is 0.539. The maximum absolute atomic E-state index is 12.5. The molecule has 29 heavy (non-hydrogen) atoms. The maximum atomic E-state index is 12.5. The van der Waals surface area contributed by atoms with E-state index in [1.807, 2.05) is 63.2 Å². The second-order valence-corrected chi connectivity index (χ2v) is 8.54. The monoisotopic (exact) mass is 426 g/mol. The second-order valence-electron chi connectivity index (χ2n) is 6.87. The number of nitrogens with zero attached hydrogens (tertiary/aromatic N) is 1. The highest BCUT2D eigenvalue weighted by molar-refractivity contribution is 8.26. The Labute approximate surface area is 180 Å². The lowest BCUT2D eigenvalue weighted by Gasteiger charge is -2.18. The van der Waals surface area contributed by atoms with Crippen molar-refractivity contribution in [3.8, 4) is 5.75 Å². The predicted molar refractivity (Wildman–Crippen MR) is 122 cm³/mol. The van der Waals surface area contributed by atoms with Gasteiger partial charge in [-0.2, -0.15) is 0 Å². The fraction of sp³-hybridized carbons (Fsp3) is 0.227. The van der Waals surface area contributed by atoms with Crippen LogP contribution >= 0.6 is 24.0 Å². The van der Waals surface area contributed by atoms with Gasteiger partial charge in [-0.3, -0.25) is 14.5 Å². The Bertz CT molecular complexity index is 968. The molecule has 3 rings (SSSR count). The number of ether oxygens (including phenoxy) is 1. The number of anilines is 1. The van der Waals surface area contributed by atoms with Crippen molar-refractivity contribution < 1.29 is 14.3 Å². The largest absolute Gasteiger partial charge is 0.484 e. The first-order valence-electron chi connectivity index (χ1n) is 9.20. The van der Waals surface area contributed by atoms with Crippen LogP contribution in [0.1, 0.15) is 25.0 Å². The van der Waals surface area contributed by atoms with Gasteiger partial charge < -0.3 is 10.1 Å². The summed E-state index contributed by atoms with van der Waals surface area (Å²) in [5.74, 6) is 0.292. The van der Waals surface area contributed by atoms with Crippen LogP contribution < -0.4 is 10.1 Å². The van der Waals surface area contributed by atoms with Gasteiger partial charge >= 0.3 is 0 Å². The molecule has 150 valence electrons. The van der Waals surface area contributed by atoms with Gasteiger partial charge in [0.2, 0.25) is 0 Å². The third-order valence-corrected chi connectivity index (χ3v) is 5.64. The molecule has 2 amide bonds. The number of carbonyl (C=O) groups is 2. The Kier molecular flexibility index (Phi) is 6.71. The predicted octanol–water partition coefficient (Wildman–Crippen LogP) is 4.62. The molecule has 1 N–H and O–H groups in total. The lowest BCUT2D eigenvalue weighted by Crippen LogP contribution is -2.34. The van der Waals surface area contributed by atoms with Gasteiger partial charge in [0.15, 0.2) is 6.61 Å². The Morgan fingerprint density at radius 1 is 1.21 bits per heavy atom. The standard InChI is InChI=1S/C22H22N2O3S2/c1-14(2)24-21(26)19(29-22(24)28)12-16-8-10-17(11-9-16)27-13-20(25)23-18-7-5-4-6-15(18)3/h4-12,14H,13H2,1-3H3,(H,23,25)/b19-12-. The number of thiocarbonyl (C=S) groups is 1. The highest BCUT2D eigenvalue weighted by Crippen LogP contribution is 2.34. The number of benzene rings is 2. The molecule has 0 spiro atoms. The number of hydrogen-bond donors (Lipinski definition) is 1. The van der Waals surface area contributed by atoms with Crippen LogP contribution in [0.4, 0.5) is 5.69 Å². The first-order valence-corrected chi connectivity index (χ1v) is 10.4. The third kappa shape index (κ3) is 5.25. The van der Waals surface area contributed by atoms with Gasteiger partial charge in [0, 0.05) is 11.7 Å². The number of para-hydroxylation sites is 1. The number of hydrogen-bond acceptors (Lipinski definition) is 5. The highest BCUT2D eigenvalue weighted by Gasteiger charge is 2.33. The lowest BCUT2D eigenvalue weighted by atomic mass is 10.2. The lowest BCUT2D eigenvalue weighted by molar-refractivity contribution is -0.123. The summed E-state index contributed by atoms with van der Waals surface area (Å²) in [6.07, 6.45) is 1.82. The van der Waals surface area contributed by atoms with Crippen molar-refractivity contribution in [2.75, 3.05) is 11.9 Å². The molecule has 1 aliphatic rings. The minimum Gasteiger partial charge on any atom is -0.484 e. The van der Waals surface area contributed by atoms with E-state index < -0.39 is 0 Å². The van der Waals surface area contributed by atoms with Gasteiger partial charge in [-0.15, -0.1) is 0 Å². The minimum absolute atomic E-state index is 0.0370. The minimum atomic E-state index is -0.222. The van der Waals surface area contributed by atoms with Crippen LogP contribution in [-0.2, 0) is 9.59 Å². The van der Waals surface area contributed by atoms with Crippen molar-refractivity contribution >= 4 is 51.9 Å². The van der Waals surface area contributed by atoms with Crippen molar-refractivity contribution in [1.82, 2.24) is 4.90 Å². The first-order chi connectivity index (χ1) is 13.8. The van der Waals surface area contributed by atoms with Gasteiger partial charge in [0.25, 0.3) is 11.8 Å². The van der Waals surface area contributed by atoms with E-state index in [9.17, 15) is 9.59 Å². The molecular formula is C22H22N2O3S2. The summed E-state index contributed by atoms with van der Waals surface area (Å²) >= 11 is 6.60. The molecule has 0 saturated carbocycles. The molecule has 0 bridgehead atoms. The molecule has 1 aliphatic heterocycles. The summed E-state index contributed by atoms with van der Waals surface area (Å²) in [6, 6.07) is 14.9. The molecule has 2 aromatic carbocycles. The third-order valence-electron chi connectivity index (χ3n) is 4.31. The summed E-state index contributed by atoms with van der Waals surface area (Å²) < 4.78 is 6.14. The highest BCUT2D eigenvalue weighted by atomic mass is 32.2. The smallest absolute Gasteiger partial charge is 0.266 e. The molecule has 0 radical (unpaired) electrons. The van der Waals surface area contributed by atoms with Gasteiger partial charge in [0.1, 0.15) is 10.1 Å². The molecule has 0 atom stereocenters. The molecule has 1 saturated heterocycles. The van der Waals surface area contributed by atoms with E-state index in [0.717, 1.165) is 16.8 Å². The van der Waals surface area contributed by atoms with Crippen LogP contribution in [0.15, 0.2) is 53.4 Å². The van der Waals surface area contributed by atoms with Gasteiger partial charge in [0.05, 0.1) is 4.91 Å². The maximum Gasteiger partial charge on any atom is 0.266 e. The number of amides is 2. The number of thioether (sulfide) groups is 1. The number of aryl methyl sites for hydroxylation is 1. The van der Waals surface area contributed by atoms with E-state index in [2.05, 4.69) is 5.32 Å². The Morgan fingerprint density at radius 2 is 1.90 bits per heavy atom. The molecule has 0 unspecified atom stereocenters. The van der Waals surface area contributed by atoms with Crippen molar-refractivity contribution in [3.05, 3.63) is 64.6 Å². The van der Waals surface area contributed by atoms with Crippen LogP contribution in [0.5, 0.6) is 5.75 Å². The van der Waals surface area contributed by atoms with Crippen LogP contribution in [-0.4, -0.2) is 33.7 Å². The fourth-order valence-electron chi connectivity index (χ4n) is 2.79. The summed E-state index contributed by atoms with van der Waals surface area (Å²) in [5, 5.41) is 2.83. The molecule has 1 heterocycles. The molecular weight excluding hydrogens is 404 g/mol. The SMILES string of the molecule is Cc1ccccc1NC(=O)COc1ccc(/C=C2\SC(=S)N(C(C)C)C2=O)cc1. The summed E-state index contributed by atoms with van der Waals surface area (Å²) in [6.45, 7) is 5.73. The molecule has 1 fully saturated rings. The van der Waals surface area contributed by atoms with Crippen LogP contribution in [0, 0.1) is 6.92 Å². The van der Waals surface area contributed by atoms with E-state index in [1.54, 1.807) is 17.0 Å². The zero-order chi connectivity index (χ0) is 21.0. The van der Waals surface area contributed by atoms with E-state index >= 15 is 0 Å². The van der Waals surface area contributed by atoms with E-state index in [0.29, 0.717) is 15.0 Å². The van der Waals surface area contributed by atoms with E-state index in [-0.39, 0.29) is 24.5 Å². The van der Waals surface area contributed by atoms with Crippen molar-refractivity contribution in [2.45, 2.75) is 26.8 Å². The number of rotatable bonds is 6. The van der Waals surface area contributed by atoms with E-state index in [1.165, 1.54) is 11.8 Å². The van der Waals surface area contributed by atoms with Gasteiger partial charge in [-0.05, 0) is 56.2 Å². The average Bonchev–Trinajstić information content (AvgIpc) is 2.96.